The summed E-state index contributed by atoms with van der Waals surface area (Å²) < 4.78 is 1.76. The van der Waals surface area contributed by atoms with Gasteiger partial charge in [-0.05, 0) is 38.1 Å². The molecule has 3 aromatic rings. The minimum atomic E-state index is -0.0364. The molecule has 0 aliphatic heterocycles. The Hall–Kier alpha value is -2.58. The summed E-state index contributed by atoms with van der Waals surface area (Å²) in [5.41, 5.74) is 8.60. The highest BCUT2D eigenvalue weighted by atomic mass is 16.1. The van der Waals surface area contributed by atoms with E-state index in [1.165, 1.54) is 0 Å². The van der Waals surface area contributed by atoms with E-state index in [0.717, 1.165) is 28.6 Å². The standard InChI is InChI=1S/C16H16N4O/c1-3-11-5-6-13-12(9-11)15-14(10(2)18-19-15)16(21)20(13)8-4-7-17/h1,5-6,9H,4,7-8,17H2,2H3,(H,18,19). The quantitative estimate of drug-likeness (QED) is 0.714. The zero-order chi connectivity index (χ0) is 15.0. The van der Waals surface area contributed by atoms with E-state index in [2.05, 4.69) is 16.1 Å². The average molecular weight is 280 g/mol. The highest BCUT2D eigenvalue weighted by Crippen LogP contribution is 2.24. The van der Waals surface area contributed by atoms with E-state index in [0.29, 0.717) is 24.0 Å². The number of hydrogen-bond donors (Lipinski definition) is 2. The van der Waals surface area contributed by atoms with Crippen molar-refractivity contribution in [3.8, 4) is 12.3 Å². The molecule has 21 heavy (non-hydrogen) atoms. The molecule has 0 fully saturated rings. The van der Waals surface area contributed by atoms with Gasteiger partial charge in [-0.1, -0.05) is 5.92 Å². The second-order valence-corrected chi connectivity index (χ2v) is 5.05. The van der Waals surface area contributed by atoms with E-state index in [9.17, 15) is 4.79 Å². The maximum Gasteiger partial charge on any atom is 0.262 e. The summed E-state index contributed by atoms with van der Waals surface area (Å²) >= 11 is 0. The molecule has 3 N–H and O–H groups in total. The Morgan fingerprint density at radius 2 is 2.29 bits per heavy atom. The lowest BCUT2D eigenvalue weighted by Gasteiger charge is -2.11. The molecule has 0 unspecified atom stereocenters. The zero-order valence-electron chi connectivity index (χ0n) is 11.8. The first-order valence-electron chi connectivity index (χ1n) is 6.85. The highest BCUT2D eigenvalue weighted by Gasteiger charge is 2.15. The average Bonchev–Trinajstić information content (AvgIpc) is 2.89. The fourth-order valence-corrected chi connectivity index (χ4v) is 2.65. The van der Waals surface area contributed by atoms with Gasteiger partial charge in [0.1, 0.15) is 5.52 Å². The van der Waals surface area contributed by atoms with Crippen molar-refractivity contribution in [2.45, 2.75) is 19.9 Å². The Morgan fingerprint density at radius 1 is 1.48 bits per heavy atom. The monoisotopic (exact) mass is 280 g/mol. The van der Waals surface area contributed by atoms with Gasteiger partial charge in [0.25, 0.3) is 5.56 Å². The van der Waals surface area contributed by atoms with Crippen LogP contribution in [0.5, 0.6) is 0 Å². The summed E-state index contributed by atoms with van der Waals surface area (Å²) in [7, 11) is 0. The predicted octanol–water partition coefficient (Wildman–Crippen LogP) is 1.52. The molecule has 2 aromatic heterocycles. The summed E-state index contributed by atoms with van der Waals surface area (Å²) in [6, 6.07) is 5.62. The first kappa shape index (κ1) is 13.4. The number of aryl methyl sites for hydroxylation is 2. The van der Waals surface area contributed by atoms with Crippen LogP contribution in [0.15, 0.2) is 23.0 Å². The second-order valence-electron chi connectivity index (χ2n) is 5.05. The molecular formula is C16H16N4O. The third-order valence-electron chi connectivity index (χ3n) is 3.70. The third-order valence-corrected chi connectivity index (χ3v) is 3.70. The van der Waals surface area contributed by atoms with Crippen LogP contribution in [-0.4, -0.2) is 21.3 Å². The summed E-state index contributed by atoms with van der Waals surface area (Å²) in [5, 5.41) is 8.67. The van der Waals surface area contributed by atoms with Gasteiger partial charge in [-0.15, -0.1) is 6.42 Å². The van der Waals surface area contributed by atoms with Crippen LogP contribution in [0.1, 0.15) is 17.7 Å². The van der Waals surface area contributed by atoms with E-state index in [1.807, 2.05) is 25.1 Å². The number of aromatic amines is 1. The molecule has 0 aliphatic rings. The smallest absolute Gasteiger partial charge is 0.262 e. The molecule has 0 radical (unpaired) electrons. The number of aromatic nitrogens is 3. The number of hydrogen-bond acceptors (Lipinski definition) is 3. The number of nitrogens with one attached hydrogen (secondary N) is 1. The zero-order valence-corrected chi connectivity index (χ0v) is 11.8. The molecular weight excluding hydrogens is 264 g/mol. The summed E-state index contributed by atoms with van der Waals surface area (Å²) in [4.78, 5) is 12.7. The van der Waals surface area contributed by atoms with E-state index < -0.39 is 0 Å². The van der Waals surface area contributed by atoms with Gasteiger partial charge in [0.15, 0.2) is 0 Å². The molecule has 5 heteroatoms. The molecule has 1 aromatic carbocycles. The van der Waals surface area contributed by atoms with Gasteiger partial charge < -0.3 is 10.3 Å². The predicted molar refractivity (Wildman–Crippen MR) is 84.2 cm³/mol. The Morgan fingerprint density at radius 3 is 3.00 bits per heavy atom. The number of fused-ring (bicyclic) bond motifs is 3. The van der Waals surface area contributed by atoms with Gasteiger partial charge in [-0.25, -0.2) is 0 Å². The Balaban J connectivity index is 2.47. The van der Waals surface area contributed by atoms with Crippen molar-refractivity contribution in [1.29, 1.82) is 0 Å². The Bertz CT molecular complexity index is 927. The maximum absolute atomic E-state index is 12.7. The lowest BCUT2D eigenvalue weighted by Crippen LogP contribution is -2.22. The van der Waals surface area contributed by atoms with Crippen molar-refractivity contribution in [3.05, 3.63) is 39.8 Å². The van der Waals surface area contributed by atoms with Crippen LogP contribution in [-0.2, 0) is 6.54 Å². The highest BCUT2D eigenvalue weighted by molar-refractivity contribution is 6.04. The van der Waals surface area contributed by atoms with Gasteiger partial charge in [0.05, 0.1) is 10.9 Å². The SMILES string of the molecule is C#Cc1ccc2c(c1)c1n[nH]c(C)c1c(=O)n2CCCN. The normalized spacial score (nSPS) is 11.1. The first-order valence-corrected chi connectivity index (χ1v) is 6.85. The molecule has 5 nitrogen and oxygen atoms in total. The van der Waals surface area contributed by atoms with Gasteiger partial charge in [-0.2, -0.15) is 5.10 Å². The van der Waals surface area contributed by atoms with Crippen molar-refractivity contribution in [2.24, 2.45) is 5.73 Å². The third kappa shape index (κ3) is 2.01. The number of H-pyrrole nitrogens is 1. The van der Waals surface area contributed by atoms with E-state index in [-0.39, 0.29) is 5.56 Å². The molecule has 0 saturated carbocycles. The minimum Gasteiger partial charge on any atom is -0.330 e. The molecule has 106 valence electrons. The first-order chi connectivity index (χ1) is 10.2. The van der Waals surface area contributed by atoms with Gasteiger partial charge in [0.2, 0.25) is 0 Å². The molecule has 0 amide bonds. The van der Waals surface area contributed by atoms with Crippen molar-refractivity contribution < 1.29 is 0 Å². The van der Waals surface area contributed by atoms with Crippen LogP contribution in [0.2, 0.25) is 0 Å². The summed E-state index contributed by atoms with van der Waals surface area (Å²) in [6.07, 6.45) is 6.22. The largest absolute Gasteiger partial charge is 0.330 e. The second kappa shape index (κ2) is 5.08. The Labute approximate surface area is 121 Å². The van der Waals surface area contributed by atoms with Crippen molar-refractivity contribution in [3.63, 3.8) is 0 Å². The number of nitrogens with two attached hydrogens (primary N) is 1. The van der Waals surface area contributed by atoms with E-state index in [1.54, 1.807) is 4.57 Å². The number of rotatable bonds is 3. The lowest BCUT2D eigenvalue weighted by molar-refractivity contribution is 0.654. The number of terminal acetylenes is 1. The van der Waals surface area contributed by atoms with Crippen molar-refractivity contribution >= 4 is 21.8 Å². The molecule has 0 aliphatic carbocycles. The number of nitrogens with zero attached hydrogens (tertiary/aromatic N) is 2. The van der Waals surface area contributed by atoms with Gasteiger partial charge in [-0.3, -0.25) is 9.89 Å². The van der Waals surface area contributed by atoms with E-state index in [4.69, 9.17) is 12.2 Å². The van der Waals surface area contributed by atoms with Crippen LogP contribution in [0.4, 0.5) is 0 Å². The lowest BCUT2D eigenvalue weighted by atomic mass is 10.1. The van der Waals surface area contributed by atoms with Crippen LogP contribution >= 0.6 is 0 Å². The van der Waals surface area contributed by atoms with Gasteiger partial charge >= 0.3 is 0 Å². The summed E-state index contributed by atoms with van der Waals surface area (Å²) in [5.74, 6) is 2.62. The Kier molecular flexibility index (Phi) is 3.24. The number of benzene rings is 1. The molecule has 2 heterocycles. The van der Waals surface area contributed by atoms with Crippen molar-refractivity contribution in [1.82, 2.24) is 14.8 Å². The molecule has 0 spiro atoms. The fourth-order valence-electron chi connectivity index (χ4n) is 2.65. The van der Waals surface area contributed by atoms with Gasteiger partial charge in [0, 0.05) is 23.2 Å². The number of pyridine rings is 1. The van der Waals surface area contributed by atoms with Crippen LogP contribution in [0.25, 0.3) is 21.8 Å². The van der Waals surface area contributed by atoms with E-state index >= 15 is 0 Å². The molecule has 0 atom stereocenters. The topological polar surface area (TPSA) is 76.7 Å². The molecule has 3 rings (SSSR count). The molecule has 0 bridgehead atoms. The van der Waals surface area contributed by atoms with Crippen molar-refractivity contribution in [2.75, 3.05) is 6.54 Å². The fraction of sp³-hybridized carbons (Fsp3) is 0.250. The summed E-state index contributed by atoms with van der Waals surface area (Å²) in [6.45, 7) is 2.97. The van der Waals surface area contributed by atoms with Crippen LogP contribution < -0.4 is 11.3 Å². The minimum absolute atomic E-state index is 0.0364. The molecule has 0 saturated heterocycles. The van der Waals surface area contributed by atoms with Crippen LogP contribution in [0.3, 0.4) is 0 Å². The maximum atomic E-state index is 12.7. The van der Waals surface area contributed by atoms with Crippen LogP contribution in [0, 0.1) is 19.3 Å².